The van der Waals surface area contributed by atoms with Crippen LogP contribution in [0.4, 0.5) is 0 Å². The number of nitrogens with one attached hydrogen (secondary N) is 1. The summed E-state index contributed by atoms with van der Waals surface area (Å²) < 4.78 is 1.84. The summed E-state index contributed by atoms with van der Waals surface area (Å²) in [6, 6.07) is 11.3. The Morgan fingerprint density at radius 3 is 2.35 bits per heavy atom. The molecule has 2 rings (SSSR count). The van der Waals surface area contributed by atoms with E-state index >= 15 is 0 Å². The second-order valence-corrected chi connectivity index (χ2v) is 5.92. The van der Waals surface area contributed by atoms with Crippen molar-refractivity contribution in [1.29, 1.82) is 0 Å². The lowest BCUT2D eigenvalue weighted by Gasteiger charge is -2.14. The van der Waals surface area contributed by atoms with Crippen LogP contribution >= 0.6 is 0 Å². The third-order valence-corrected chi connectivity index (χ3v) is 3.48. The Labute approximate surface area is 122 Å². The molecule has 0 saturated heterocycles. The van der Waals surface area contributed by atoms with Crippen LogP contribution < -0.4 is 5.32 Å². The lowest BCUT2D eigenvalue weighted by molar-refractivity contribution is 0.561. The van der Waals surface area contributed by atoms with E-state index in [1.807, 2.05) is 24.0 Å². The Bertz CT molecular complexity index is 525. The Balaban J connectivity index is 1.90. The second-order valence-electron chi connectivity index (χ2n) is 5.92. The third kappa shape index (κ3) is 4.20. The van der Waals surface area contributed by atoms with Gasteiger partial charge in [0.25, 0.3) is 0 Å². The molecule has 0 aliphatic carbocycles. The molecule has 108 valence electrons. The van der Waals surface area contributed by atoms with Gasteiger partial charge in [-0.2, -0.15) is 5.10 Å². The van der Waals surface area contributed by atoms with Crippen LogP contribution in [0.5, 0.6) is 0 Å². The summed E-state index contributed by atoms with van der Waals surface area (Å²) in [6.07, 6.45) is 3.12. The van der Waals surface area contributed by atoms with Gasteiger partial charge in [0, 0.05) is 25.8 Å². The topological polar surface area (TPSA) is 29.9 Å². The zero-order valence-electron chi connectivity index (χ0n) is 12.9. The first-order chi connectivity index (χ1) is 9.54. The van der Waals surface area contributed by atoms with Gasteiger partial charge in [0.1, 0.15) is 0 Å². The molecule has 0 aliphatic heterocycles. The van der Waals surface area contributed by atoms with E-state index in [4.69, 9.17) is 0 Å². The molecular weight excluding hydrogens is 246 g/mol. The van der Waals surface area contributed by atoms with Crippen molar-refractivity contribution in [3.63, 3.8) is 0 Å². The molecule has 0 radical (unpaired) electrons. The van der Waals surface area contributed by atoms with Crippen LogP contribution in [-0.4, -0.2) is 9.78 Å². The minimum absolute atomic E-state index is 0.338. The van der Waals surface area contributed by atoms with Gasteiger partial charge in [-0.15, -0.1) is 0 Å². The second kappa shape index (κ2) is 6.71. The van der Waals surface area contributed by atoms with E-state index in [9.17, 15) is 0 Å². The van der Waals surface area contributed by atoms with E-state index in [0.717, 1.165) is 18.7 Å². The smallest absolute Gasteiger partial charge is 0.0762 e. The fraction of sp³-hybridized carbons (Fsp3) is 0.471. The van der Waals surface area contributed by atoms with E-state index in [2.05, 4.69) is 55.5 Å². The normalized spacial score (nSPS) is 12.8. The maximum Gasteiger partial charge on any atom is 0.0762 e. The molecule has 0 bridgehead atoms. The minimum Gasteiger partial charge on any atom is -0.304 e. The van der Waals surface area contributed by atoms with Gasteiger partial charge in [-0.3, -0.25) is 4.68 Å². The molecule has 1 N–H and O–H groups in total. The average Bonchev–Trinajstić information content (AvgIpc) is 2.82. The van der Waals surface area contributed by atoms with Crippen molar-refractivity contribution in [1.82, 2.24) is 15.1 Å². The number of rotatable bonds is 6. The molecule has 0 aliphatic rings. The fourth-order valence-corrected chi connectivity index (χ4v) is 2.35. The van der Waals surface area contributed by atoms with E-state index in [0.29, 0.717) is 12.0 Å². The first-order valence-corrected chi connectivity index (χ1v) is 7.35. The Kier molecular flexibility index (Phi) is 4.96. The monoisotopic (exact) mass is 271 g/mol. The molecule has 3 heteroatoms. The van der Waals surface area contributed by atoms with Crippen molar-refractivity contribution >= 4 is 0 Å². The first kappa shape index (κ1) is 14.8. The number of hydrogen-bond acceptors (Lipinski definition) is 2. The number of hydrogen-bond donors (Lipinski definition) is 1. The molecule has 1 aromatic carbocycles. The zero-order chi connectivity index (χ0) is 14.5. The van der Waals surface area contributed by atoms with Crippen molar-refractivity contribution in [2.45, 2.75) is 39.8 Å². The zero-order valence-corrected chi connectivity index (χ0v) is 12.9. The summed E-state index contributed by atoms with van der Waals surface area (Å²) in [6.45, 7) is 7.51. The molecule has 0 spiro atoms. The molecule has 0 saturated carbocycles. The van der Waals surface area contributed by atoms with Gasteiger partial charge in [-0.1, -0.05) is 38.1 Å². The van der Waals surface area contributed by atoms with Gasteiger partial charge in [-0.25, -0.2) is 0 Å². The predicted molar refractivity (Wildman–Crippen MR) is 83.4 cm³/mol. The molecule has 1 aromatic heterocycles. The number of benzene rings is 1. The van der Waals surface area contributed by atoms with Gasteiger partial charge < -0.3 is 5.32 Å². The predicted octanol–water partition coefficient (Wildman–Crippen LogP) is 3.47. The maximum atomic E-state index is 4.38. The van der Waals surface area contributed by atoms with Crippen molar-refractivity contribution in [3.05, 3.63) is 53.3 Å². The summed E-state index contributed by atoms with van der Waals surface area (Å²) in [7, 11) is 1.94. The first-order valence-electron chi connectivity index (χ1n) is 7.35. The molecular formula is C17H25N3. The highest BCUT2D eigenvalue weighted by molar-refractivity contribution is 5.25. The lowest BCUT2D eigenvalue weighted by atomic mass is 10.00. The summed E-state index contributed by atoms with van der Waals surface area (Å²) in [5.74, 6) is 0.709. The van der Waals surface area contributed by atoms with Gasteiger partial charge in [-0.05, 0) is 36.5 Å². The lowest BCUT2D eigenvalue weighted by Crippen LogP contribution is -2.18. The fourth-order valence-electron chi connectivity index (χ4n) is 2.35. The van der Waals surface area contributed by atoms with Gasteiger partial charge >= 0.3 is 0 Å². The van der Waals surface area contributed by atoms with Gasteiger partial charge in [0.2, 0.25) is 0 Å². The van der Waals surface area contributed by atoms with Crippen molar-refractivity contribution in [3.8, 4) is 0 Å². The van der Waals surface area contributed by atoms with Crippen LogP contribution in [0, 0.1) is 5.92 Å². The number of aromatic nitrogens is 2. The van der Waals surface area contributed by atoms with Crippen LogP contribution in [0.2, 0.25) is 0 Å². The summed E-state index contributed by atoms with van der Waals surface area (Å²) >= 11 is 0. The molecule has 1 atom stereocenters. The van der Waals surface area contributed by atoms with E-state index < -0.39 is 0 Å². The average molecular weight is 271 g/mol. The van der Waals surface area contributed by atoms with Crippen molar-refractivity contribution in [2.75, 3.05) is 0 Å². The summed E-state index contributed by atoms with van der Waals surface area (Å²) in [5, 5.41) is 7.89. The molecule has 20 heavy (non-hydrogen) atoms. The number of aryl methyl sites for hydroxylation is 1. The summed E-state index contributed by atoms with van der Waals surface area (Å²) in [4.78, 5) is 0. The Morgan fingerprint density at radius 2 is 1.80 bits per heavy atom. The third-order valence-electron chi connectivity index (χ3n) is 3.48. The maximum absolute atomic E-state index is 4.38. The number of nitrogens with zero attached hydrogens (tertiary/aromatic N) is 2. The minimum atomic E-state index is 0.338. The molecule has 1 heterocycles. The van der Waals surface area contributed by atoms with Crippen LogP contribution in [0.25, 0.3) is 0 Å². The van der Waals surface area contributed by atoms with E-state index in [1.54, 1.807) is 0 Å². The van der Waals surface area contributed by atoms with Crippen LogP contribution in [0.3, 0.4) is 0 Å². The Hall–Kier alpha value is -1.61. The molecule has 3 nitrogen and oxygen atoms in total. The molecule has 0 fully saturated rings. The van der Waals surface area contributed by atoms with Crippen LogP contribution in [-0.2, 0) is 20.0 Å². The van der Waals surface area contributed by atoms with Gasteiger partial charge in [0.15, 0.2) is 0 Å². The van der Waals surface area contributed by atoms with Crippen LogP contribution in [0.15, 0.2) is 36.5 Å². The highest BCUT2D eigenvalue weighted by atomic mass is 15.3. The molecule has 2 aromatic rings. The van der Waals surface area contributed by atoms with Crippen molar-refractivity contribution < 1.29 is 0 Å². The quantitative estimate of drug-likeness (QED) is 0.872. The van der Waals surface area contributed by atoms with Crippen LogP contribution in [0.1, 0.15) is 43.6 Å². The largest absolute Gasteiger partial charge is 0.304 e. The SMILES string of the molecule is CC(C)Cc1ccc(C(C)NCc2ccn(C)n2)cc1. The Morgan fingerprint density at radius 1 is 1.10 bits per heavy atom. The molecule has 1 unspecified atom stereocenters. The highest BCUT2D eigenvalue weighted by Gasteiger charge is 2.06. The molecule has 0 amide bonds. The van der Waals surface area contributed by atoms with Gasteiger partial charge in [0.05, 0.1) is 5.69 Å². The van der Waals surface area contributed by atoms with E-state index in [1.165, 1.54) is 11.1 Å². The van der Waals surface area contributed by atoms with E-state index in [-0.39, 0.29) is 0 Å². The summed E-state index contributed by atoms with van der Waals surface area (Å²) in [5.41, 5.74) is 3.82. The highest BCUT2D eigenvalue weighted by Crippen LogP contribution is 2.16. The van der Waals surface area contributed by atoms with Crippen molar-refractivity contribution in [2.24, 2.45) is 13.0 Å². The standard InChI is InChI=1S/C17H25N3/c1-13(2)11-15-5-7-16(8-6-15)14(3)18-12-17-9-10-20(4)19-17/h5-10,13-14,18H,11-12H2,1-4H3.